The lowest BCUT2D eigenvalue weighted by molar-refractivity contribution is -0.120. The van der Waals surface area contributed by atoms with Crippen LogP contribution in [0.25, 0.3) is 0 Å². The lowest BCUT2D eigenvalue weighted by Crippen LogP contribution is -2.48. The molecule has 8 nitrogen and oxygen atoms in total. The second-order valence-electron chi connectivity index (χ2n) is 10.1. The van der Waals surface area contributed by atoms with E-state index in [1.54, 1.807) is 24.3 Å². The molecule has 1 aromatic heterocycles. The number of aliphatic hydroxyl groups is 1. The summed E-state index contributed by atoms with van der Waals surface area (Å²) in [6.45, 7) is 3.03. The molecule has 1 fully saturated rings. The van der Waals surface area contributed by atoms with E-state index in [4.69, 9.17) is 4.74 Å². The highest BCUT2D eigenvalue weighted by molar-refractivity contribution is 6.00. The Bertz CT molecular complexity index is 1390. The zero-order valence-corrected chi connectivity index (χ0v) is 21.7. The number of hydrogen-bond donors (Lipinski definition) is 2. The van der Waals surface area contributed by atoms with Gasteiger partial charge in [0.25, 0.3) is 0 Å². The summed E-state index contributed by atoms with van der Waals surface area (Å²) in [5, 5.41) is 17.7. The molecule has 38 heavy (non-hydrogen) atoms. The summed E-state index contributed by atoms with van der Waals surface area (Å²) < 4.78 is 6.57. The fourth-order valence-electron chi connectivity index (χ4n) is 4.82. The van der Waals surface area contributed by atoms with Gasteiger partial charge in [0.2, 0.25) is 5.91 Å². The molecule has 0 aliphatic carbocycles. The smallest absolute Gasteiger partial charge is 0.342 e. The predicted octanol–water partition coefficient (Wildman–Crippen LogP) is 3.21. The van der Waals surface area contributed by atoms with Gasteiger partial charge in [0, 0.05) is 43.8 Å². The highest BCUT2D eigenvalue weighted by Gasteiger charge is 2.30. The first-order chi connectivity index (χ1) is 18.3. The van der Waals surface area contributed by atoms with Gasteiger partial charge >= 0.3 is 6.03 Å². The van der Waals surface area contributed by atoms with Crippen LogP contribution in [0.2, 0.25) is 0 Å². The number of ether oxygens (including phenoxy) is 1. The molecule has 2 aliphatic rings. The largest absolute Gasteiger partial charge is 0.381 e. The minimum absolute atomic E-state index is 0.197. The van der Waals surface area contributed by atoms with E-state index in [0.717, 1.165) is 27.9 Å². The standard InChI is InChI=1S/C30H32N4O4/c1-21-3-5-22(6-4-21)17-24-19-31-34(20-24)29(36)32-26-10-9-25-8-7-23(18-27(25)33(2)28(26)35)11-12-30(37)13-15-38-16-14-30/h3-8,18-20,26,37H,9-10,13-17H2,1-2H3,(H,32,36)/t26-/m0/s1. The van der Waals surface area contributed by atoms with Gasteiger partial charge < -0.3 is 20.1 Å². The molecule has 3 heterocycles. The number of benzene rings is 2. The molecule has 8 heteroatoms. The van der Waals surface area contributed by atoms with Gasteiger partial charge in [0.1, 0.15) is 11.6 Å². The van der Waals surface area contributed by atoms with Crippen LogP contribution < -0.4 is 10.2 Å². The third kappa shape index (κ3) is 5.80. The zero-order chi connectivity index (χ0) is 26.7. The number of aryl methyl sites for hydroxylation is 2. The molecular formula is C30H32N4O4. The van der Waals surface area contributed by atoms with Gasteiger partial charge in [0.15, 0.2) is 0 Å². The quantitative estimate of drug-likeness (QED) is 0.526. The summed E-state index contributed by atoms with van der Waals surface area (Å²) in [6, 6.07) is 12.9. The van der Waals surface area contributed by atoms with Crippen molar-refractivity contribution in [3.63, 3.8) is 0 Å². The number of carbonyl (C=O) groups is 2. The summed E-state index contributed by atoms with van der Waals surface area (Å²) in [5.41, 5.74) is 4.70. The second kappa shape index (κ2) is 10.8. The number of anilines is 1. The molecule has 0 bridgehead atoms. The number of nitrogens with one attached hydrogen (secondary N) is 1. The first-order valence-corrected chi connectivity index (χ1v) is 12.9. The lowest BCUT2D eigenvalue weighted by Gasteiger charge is -2.26. The van der Waals surface area contributed by atoms with E-state index in [1.165, 1.54) is 10.2 Å². The highest BCUT2D eigenvalue weighted by Crippen LogP contribution is 2.28. The molecule has 0 unspecified atom stereocenters. The molecule has 1 saturated heterocycles. The van der Waals surface area contributed by atoms with E-state index < -0.39 is 17.7 Å². The van der Waals surface area contributed by atoms with Crippen LogP contribution >= 0.6 is 0 Å². The molecule has 0 radical (unpaired) electrons. The van der Waals surface area contributed by atoms with Gasteiger partial charge in [-0.25, -0.2) is 4.79 Å². The van der Waals surface area contributed by atoms with Gasteiger partial charge in [-0.05, 0) is 48.6 Å². The number of nitrogens with zero attached hydrogens (tertiary/aromatic N) is 3. The Morgan fingerprint density at radius 1 is 1.18 bits per heavy atom. The van der Waals surface area contributed by atoms with Crippen molar-refractivity contribution < 1.29 is 19.4 Å². The van der Waals surface area contributed by atoms with Crippen LogP contribution in [0.1, 0.15) is 47.1 Å². The van der Waals surface area contributed by atoms with Crippen LogP contribution in [0, 0.1) is 18.8 Å². The molecule has 0 saturated carbocycles. The van der Waals surface area contributed by atoms with Gasteiger partial charge in [-0.1, -0.05) is 47.7 Å². The van der Waals surface area contributed by atoms with Crippen LogP contribution in [0.5, 0.6) is 0 Å². The molecular weight excluding hydrogens is 480 g/mol. The molecule has 2 aromatic carbocycles. The molecule has 2 N–H and O–H groups in total. The predicted molar refractivity (Wildman–Crippen MR) is 144 cm³/mol. The molecule has 2 aliphatic heterocycles. The molecule has 5 rings (SSSR count). The summed E-state index contributed by atoms with van der Waals surface area (Å²) in [5.74, 6) is 5.87. The van der Waals surface area contributed by atoms with Crippen molar-refractivity contribution in [2.75, 3.05) is 25.2 Å². The van der Waals surface area contributed by atoms with Gasteiger partial charge in [0.05, 0.1) is 19.4 Å². The normalized spacial score (nSPS) is 18.7. The second-order valence-corrected chi connectivity index (χ2v) is 10.1. The summed E-state index contributed by atoms with van der Waals surface area (Å²) in [6.07, 6.45) is 6.11. The van der Waals surface area contributed by atoms with Crippen LogP contribution in [-0.4, -0.2) is 58.7 Å². The highest BCUT2D eigenvalue weighted by atomic mass is 16.5. The van der Waals surface area contributed by atoms with Gasteiger partial charge in [-0.2, -0.15) is 9.78 Å². The maximum absolute atomic E-state index is 13.3. The van der Waals surface area contributed by atoms with E-state index in [1.807, 2.05) is 25.1 Å². The van der Waals surface area contributed by atoms with Crippen LogP contribution in [0.15, 0.2) is 54.9 Å². The maximum Gasteiger partial charge on any atom is 0.342 e. The average Bonchev–Trinajstić information content (AvgIpc) is 3.35. The Hall–Kier alpha value is -3.93. The van der Waals surface area contributed by atoms with Crippen molar-refractivity contribution in [2.45, 2.75) is 50.7 Å². The fourth-order valence-corrected chi connectivity index (χ4v) is 4.82. The molecule has 2 amide bonds. The van der Waals surface area contributed by atoms with Crippen LogP contribution in [0.4, 0.5) is 10.5 Å². The number of hydrogen-bond acceptors (Lipinski definition) is 5. The molecule has 1 atom stereocenters. The van der Waals surface area contributed by atoms with Crippen molar-refractivity contribution >= 4 is 17.6 Å². The monoisotopic (exact) mass is 512 g/mol. The Morgan fingerprint density at radius 3 is 2.71 bits per heavy atom. The number of aromatic nitrogens is 2. The van der Waals surface area contributed by atoms with E-state index in [0.29, 0.717) is 45.3 Å². The molecule has 0 spiro atoms. The average molecular weight is 513 g/mol. The molecule has 3 aromatic rings. The van der Waals surface area contributed by atoms with Crippen molar-refractivity contribution in [1.29, 1.82) is 0 Å². The van der Waals surface area contributed by atoms with E-state index >= 15 is 0 Å². The van der Waals surface area contributed by atoms with Crippen molar-refractivity contribution in [2.24, 2.45) is 0 Å². The third-order valence-corrected chi connectivity index (χ3v) is 7.21. The summed E-state index contributed by atoms with van der Waals surface area (Å²) in [4.78, 5) is 27.8. The Balaban J connectivity index is 1.25. The number of fused-ring (bicyclic) bond motifs is 1. The molecule has 196 valence electrons. The van der Waals surface area contributed by atoms with E-state index in [-0.39, 0.29) is 5.91 Å². The number of carbonyl (C=O) groups excluding carboxylic acids is 2. The Kier molecular flexibility index (Phi) is 7.32. The number of amides is 2. The van der Waals surface area contributed by atoms with Crippen LogP contribution in [0.3, 0.4) is 0 Å². The van der Waals surface area contributed by atoms with Crippen molar-refractivity contribution in [1.82, 2.24) is 15.1 Å². The first kappa shape index (κ1) is 25.7. The number of rotatable bonds is 3. The Morgan fingerprint density at radius 2 is 1.95 bits per heavy atom. The van der Waals surface area contributed by atoms with Crippen molar-refractivity contribution in [3.8, 4) is 11.8 Å². The SMILES string of the molecule is Cc1ccc(Cc2cnn(C(=O)N[C@H]3CCc4ccc(C#CC5(O)CCOCC5)cc4N(C)C3=O)c2)cc1. The summed E-state index contributed by atoms with van der Waals surface area (Å²) >= 11 is 0. The van der Waals surface area contributed by atoms with E-state index in [2.05, 4.69) is 46.5 Å². The third-order valence-electron chi connectivity index (χ3n) is 7.21. The topological polar surface area (TPSA) is 96.7 Å². The van der Waals surface area contributed by atoms with Crippen molar-refractivity contribution in [3.05, 3.63) is 82.7 Å². The fraction of sp³-hybridized carbons (Fsp3) is 0.367. The minimum Gasteiger partial charge on any atom is -0.381 e. The summed E-state index contributed by atoms with van der Waals surface area (Å²) in [7, 11) is 1.71. The number of likely N-dealkylation sites (N-methyl/N-ethyl adjacent to an activating group) is 1. The first-order valence-electron chi connectivity index (χ1n) is 12.9. The lowest BCUT2D eigenvalue weighted by atomic mass is 9.94. The maximum atomic E-state index is 13.3. The zero-order valence-electron chi connectivity index (χ0n) is 21.7. The van der Waals surface area contributed by atoms with E-state index in [9.17, 15) is 14.7 Å². The van der Waals surface area contributed by atoms with Gasteiger partial charge in [-0.3, -0.25) is 4.79 Å². The van der Waals surface area contributed by atoms with Gasteiger partial charge in [-0.15, -0.1) is 0 Å². The minimum atomic E-state index is -1.05. The van der Waals surface area contributed by atoms with Crippen LogP contribution in [-0.2, 0) is 22.4 Å². The Labute approximate surface area is 222 Å².